The smallest absolute Gasteiger partial charge is 0.323 e. The number of carboxylic acid groups (broad SMARTS) is 1. The Balaban J connectivity index is 3.02. The predicted octanol–water partition coefficient (Wildman–Crippen LogP) is 2.10. The molecule has 0 aliphatic carbocycles. The number of rotatable bonds is 7. The van der Waals surface area contributed by atoms with Crippen molar-refractivity contribution in [3.63, 3.8) is 0 Å². The summed E-state index contributed by atoms with van der Waals surface area (Å²) in [6, 6.07) is 0.270. The molecule has 0 spiro atoms. The molecule has 0 fully saturated rings. The molecule has 0 unspecified atom stereocenters. The number of aromatic nitrogens is 2. The lowest BCUT2D eigenvalue weighted by atomic mass is 10.1. The zero-order valence-corrected chi connectivity index (χ0v) is 12.6. The van der Waals surface area contributed by atoms with Gasteiger partial charge in [0.2, 0.25) is 0 Å². The van der Waals surface area contributed by atoms with Crippen LogP contribution in [0, 0.1) is 6.92 Å². The molecule has 1 aromatic rings. The van der Waals surface area contributed by atoms with Crippen LogP contribution >= 0.6 is 0 Å². The van der Waals surface area contributed by atoms with E-state index in [1.165, 1.54) is 4.90 Å². The summed E-state index contributed by atoms with van der Waals surface area (Å²) in [4.78, 5) is 24.4. The Kier molecular flexibility index (Phi) is 5.73. The molecular weight excluding hydrogens is 258 g/mol. The Morgan fingerprint density at radius 2 is 1.95 bits per heavy atom. The van der Waals surface area contributed by atoms with Crippen LogP contribution in [0.4, 0.5) is 0 Å². The molecule has 0 saturated carbocycles. The van der Waals surface area contributed by atoms with E-state index < -0.39 is 5.97 Å². The van der Waals surface area contributed by atoms with Crippen molar-refractivity contribution in [1.82, 2.24) is 14.7 Å². The molecule has 0 radical (unpaired) electrons. The van der Waals surface area contributed by atoms with Crippen LogP contribution in [0.2, 0.25) is 0 Å². The van der Waals surface area contributed by atoms with E-state index in [0.717, 1.165) is 18.5 Å². The molecule has 0 saturated heterocycles. The minimum Gasteiger partial charge on any atom is -0.480 e. The van der Waals surface area contributed by atoms with Gasteiger partial charge in [0, 0.05) is 12.2 Å². The van der Waals surface area contributed by atoms with Gasteiger partial charge >= 0.3 is 5.97 Å². The minimum atomic E-state index is -1.01. The van der Waals surface area contributed by atoms with Gasteiger partial charge in [-0.15, -0.1) is 0 Å². The first-order valence-electron chi connectivity index (χ1n) is 7.01. The lowest BCUT2D eigenvalue weighted by Gasteiger charge is -2.19. The van der Waals surface area contributed by atoms with Crippen molar-refractivity contribution in [2.75, 3.05) is 13.1 Å². The third kappa shape index (κ3) is 3.37. The number of hydrogen-bond acceptors (Lipinski definition) is 3. The summed E-state index contributed by atoms with van der Waals surface area (Å²) >= 11 is 0. The first-order chi connectivity index (χ1) is 9.46. The lowest BCUT2D eigenvalue weighted by molar-refractivity contribution is -0.137. The fourth-order valence-electron chi connectivity index (χ4n) is 2.30. The zero-order valence-electron chi connectivity index (χ0n) is 12.6. The molecule has 112 valence electrons. The summed E-state index contributed by atoms with van der Waals surface area (Å²) in [7, 11) is 0. The van der Waals surface area contributed by atoms with Crippen molar-refractivity contribution in [2.45, 2.75) is 46.6 Å². The number of hydrogen-bond donors (Lipinski definition) is 1. The fourth-order valence-corrected chi connectivity index (χ4v) is 2.30. The van der Waals surface area contributed by atoms with Crippen LogP contribution in [0.1, 0.15) is 55.7 Å². The highest BCUT2D eigenvalue weighted by molar-refractivity contribution is 5.96. The molecule has 1 aromatic heterocycles. The highest BCUT2D eigenvalue weighted by Gasteiger charge is 2.22. The van der Waals surface area contributed by atoms with Crippen LogP contribution in [0.3, 0.4) is 0 Å². The van der Waals surface area contributed by atoms with Crippen molar-refractivity contribution >= 4 is 11.9 Å². The van der Waals surface area contributed by atoms with Crippen LogP contribution in [0.25, 0.3) is 0 Å². The molecule has 20 heavy (non-hydrogen) atoms. The zero-order chi connectivity index (χ0) is 15.3. The number of likely N-dealkylation sites (N-methyl/N-ethyl adjacent to an activating group) is 1. The second-order valence-electron chi connectivity index (χ2n) is 4.77. The van der Waals surface area contributed by atoms with E-state index in [9.17, 15) is 9.59 Å². The SMILES string of the molecule is CCC(CC)n1ncc(C(=O)N(CC)CC(=O)O)c1C. The van der Waals surface area contributed by atoms with Crippen LogP contribution in [-0.2, 0) is 4.79 Å². The predicted molar refractivity (Wildman–Crippen MR) is 75.8 cm³/mol. The lowest BCUT2D eigenvalue weighted by Crippen LogP contribution is -2.35. The van der Waals surface area contributed by atoms with Crippen LogP contribution < -0.4 is 0 Å². The van der Waals surface area contributed by atoms with Gasteiger partial charge in [-0.25, -0.2) is 0 Å². The van der Waals surface area contributed by atoms with Gasteiger partial charge in [0.1, 0.15) is 6.54 Å². The van der Waals surface area contributed by atoms with Crippen molar-refractivity contribution in [2.24, 2.45) is 0 Å². The number of nitrogens with zero attached hydrogens (tertiary/aromatic N) is 3. The number of aliphatic carboxylic acids is 1. The van der Waals surface area contributed by atoms with Crippen molar-refractivity contribution < 1.29 is 14.7 Å². The molecular formula is C14H23N3O3. The summed E-state index contributed by atoms with van der Waals surface area (Å²) in [6.07, 6.45) is 3.43. The summed E-state index contributed by atoms with van der Waals surface area (Å²) in [5, 5.41) is 13.1. The maximum atomic E-state index is 12.4. The highest BCUT2D eigenvalue weighted by Crippen LogP contribution is 2.20. The van der Waals surface area contributed by atoms with Crippen LogP contribution in [-0.4, -0.2) is 44.8 Å². The molecule has 6 nitrogen and oxygen atoms in total. The Hall–Kier alpha value is -1.85. The number of carboxylic acids is 1. The van der Waals surface area contributed by atoms with Gasteiger partial charge in [0.05, 0.1) is 17.8 Å². The van der Waals surface area contributed by atoms with E-state index in [-0.39, 0.29) is 18.5 Å². The van der Waals surface area contributed by atoms with Gasteiger partial charge in [-0.3, -0.25) is 14.3 Å². The van der Waals surface area contributed by atoms with Gasteiger partial charge in [-0.05, 0) is 26.7 Å². The first kappa shape index (κ1) is 16.2. The summed E-state index contributed by atoms with van der Waals surface area (Å²) in [6.45, 7) is 7.86. The molecule has 6 heteroatoms. The van der Waals surface area contributed by atoms with Gasteiger partial charge in [-0.1, -0.05) is 13.8 Å². The largest absolute Gasteiger partial charge is 0.480 e. The summed E-state index contributed by atoms with van der Waals surface area (Å²) in [5.41, 5.74) is 1.28. The van der Waals surface area contributed by atoms with Crippen LogP contribution in [0.5, 0.6) is 0 Å². The number of carbonyl (C=O) groups excluding carboxylic acids is 1. The van der Waals surface area contributed by atoms with E-state index in [1.807, 2.05) is 11.6 Å². The third-order valence-electron chi connectivity index (χ3n) is 3.56. The molecule has 0 aliphatic rings. The molecule has 1 amide bonds. The molecule has 1 rings (SSSR count). The summed E-state index contributed by atoms with van der Waals surface area (Å²) < 4.78 is 1.86. The average Bonchev–Trinajstić information content (AvgIpc) is 2.79. The second kappa shape index (κ2) is 7.07. The Labute approximate surface area is 119 Å². The standard InChI is InChI=1S/C14H23N3O3/c1-5-11(6-2)17-10(4)12(8-15-17)14(20)16(7-3)9-13(18)19/h8,11H,5-7,9H2,1-4H3,(H,18,19). The molecule has 0 bridgehead atoms. The quantitative estimate of drug-likeness (QED) is 0.830. The van der Waals surface area contributed by atoms with E-state index >= 15 is 0 Å². The average molecular weight is 281 g/mol. The monoisotopic (exact) mass is 281 g/mol. The first-order valence-corrected chi connectivity index (χ1v) is 7.01. The molecule has 0 aromatic carbocycles. The van der Waals surface area contributed by atoms with Crippen molar-refractivity contribution in [3.05, 3.63) is 17.5 Å². The van der Waals surface area contributed by atoms with E-state index in [0.29, 0.717) is 12.1 Å². The normalized spacial score (nSPS) is 10.8. The Morgan fingerprint density at radius 3 is 2.40 bits per heavy atom. The van der Waals surface area contributed by atoms with Gasteiger partial charge in [0.25, 0.3) is 5.91 Å². The van der Waals surface area contributed by atoms with Gasteiger partial charge in [-0.2, -0.15) is 5.10 Å². The topological polar surface area (TPSA) is 75.4 Å². The maximum absolute atomic E-state index is 12.4. The van der Waals surface area contributed by atoms with Gasteiger partial charge in [0.15, 0.2) is 0 Å². The molecule has 0 atom stereocenters. The molecule has 0 aliphatic heterocycles. The third-order valence-corrected chi connectivity index (χ3v) is 3.56. The van der Waals surface area contributed by atoms with Crippen molar-refractivity contribution in [1.29, 1.82) is 0 Å². The number of carbonyl (C=O) groups is 2. The Bertz CT molecular complexity index is 478. The van der Waals surface area contributed by atoms with Gasteiger partial charge < -0.3 is 10.0 Å². The van der Waals surface area contributed by atoms with Crippen molar-refractivity contribution in [3.8, 4) is 0 Å². The molecule has 1 N–H and O–H groups in total. The molecule has 1 heterocycles. The number of amides is 1. The van der Waals surface area contributed by atoms with E-state index in [4.69, 9.17) is 5.11 Å². The maximum Gasteiger partial charge on any atom is 0.323 e. The van der Waals surface area contributed by atoms with Crippen LogP contribution in [0.15, 0.2) is 6.20 Å². The minimum absolute atomic E-state index is 0.270. The second-order valence-corrected chi connectivity index (χ2v) is 4.77. The van der Waals surface area contributed by atoms with E-state index in [1.54, 1.807) is 13.1 Å². The highest BCUT2D eigenvalue weighted by atomic mass is 16.4. The Morgan fingerprint density at radius 1 is 1.35 bits per heavy atom. The van der Waals surface area contributed by atoms with E-state index in [2.05, 4.69) is 18.9 Å². The fraction of sp³-hybridized carbons (Fsp3) is 0.643. The summed E-state index contributed by atoms with van der Waals surface area (Å²) in [5.74, 6) is -1.28.